The minimum atomic E-state index is -0.418. The van der Waals surface area contributed by atoms with Gasteiger partial charge in [0.15, 0.2) is 3.77 Å². The average Bonchev–Trinajstić information content (AvgIpc) is 2.93. The first-order valence-electron chi connectivity index (χ1n) is 5.44. The van der Waals surface area contributed by atoms with Gasteiger partial charge in [-0.1, -0.05) is 12.1 Å². The Bertz CT molecular complexity index is 670. The molecule has 1 aromatic carbocycles. The van der Waals surface area contributed by atoms with Crippen molar-refractivity contribution in [2.45, 2.75) is 0 Å². The zero-order valence-corrected chi connectivity index (χ0v) is 11.7. The first-order valence-corrected chi connectivity index (χ1v) is 6.52. The molecule has 0 fully saturated rings. The monoisotopic (exact) mass is 366 g/mol. The second-order valence-corrected chi connectivity index (χ2v) is 4.92. The number of hydrogen-bond acceptors (Lipinski definition) is 4. The number of imide groups is 1. The molecule has 0 atom stereocenters. The first-order chi connectivity index (χ1) is 9.16. The number of fused-ring (bicyclic) bond motifs is 1. The number of benzene rings is 1. The number of halogens is 1. The molecule has 5 nitrogen and oxygen atoms in total. The highest BCUT2D eigenvalue weighted by Gasteiger charge is 2.35. The smallest absolute Gasteiger partial charge is 0.282 e. The highest BCUT2D eigenvalue weighted by Crippen LogP contribution is 2.22. The average molecular weight is 366 g/mol. The van der Waals surface area contributed by atoms with Crippen molar-refractivity contribution in [1.29, 1.82) is 0 Å². The lowest BCUT2D eigenvalue weighted by atomic mass is 10.1. The molecule has 2 heterocycles. The van der Waals surface area contributed by atoms with Gasteiger partial charge in [-0.15, -0.1) is 0 Å². The van der Waals surface area contributed by atoms with Gasteiger partial charge in [-0.3, -0.25) is 9.59 Å². The Morgan fingerprint density at radius 1 is 1.05 bits per heavy atom. The lowest BCUT2D eigenvalue weighted by molar-refractivity contribution is 0.0660. The number of rotatable bonds is 2. The lowest BCUT2D eigenvalue weighted by Crippen LogP contribution is -2.23. The number of nitrogens with zero attached hydrogens (tertiary/aromatic N) is 2. The molecular formula is C13H7IN2O3. The van der Waals surface area contributed by atoms with E-state index in [1.807, 2.05) is 22.6 Å². The van der Waals surface area contributed by atoms with E-state index in [1.54, 1.807) is 36.4 Å². The van der Waals surface area contributed by atoms with Gasteiger partial charge >= 0.3 is 0 Å². The molecule has 0 saturated carbocycles. The first kappa shape index (κ1) is 12.1. The van der Waals surface area contributed by atoms with Crippen LogP contribution in [-0.4, -0.2) is 23.0 Å². The fourth-order valence-corrected chi connectivity index (χ4v) is 2.23. The zero-order chi connectivity index (χ0) is 13.4. The van der Waals surface area contributed by atoms with Gasteiger partial charge in [0.25, 0.3) is 11.8 Å². The molecule has 94 valence electrons. The van der Waals surface area contributed by atoms with Crippen LogP contribution in [0.25, 0.3) is 0 Å². The number of hydrogen-bond donors (Lipinski definition) is 0. The van der Waals surface area contributed by atoms with Crippen molar-refractivity contribution in [2.24, 2.45) is 5.10 Å². The highest BCUT2D eigenvalue weighted by atomic mass is 127. The molecule has 0 spiro atoms. The quantitative estimate of drug-likeness (QED) is 0.466. The van der Waals surface area contributed by atoms with Gasteiger partial charge in [-0.05, 0) is 46.9 Å². The summed E-state index contributed by atoms with van der Waals surface area (Å²) in [7, 11) is 0. The molecule has 0 radical (unpaired) electrons. The van der Waals surface area contributed by atoms with Crippen molar-refractivity contribution >= 4 is 40.6 Å². The molecule has 3 rings (SSSR count). The van der Waals surface area contributed by atoms with E-state index in [0.29, 0.717) is 20.7 Å². The van der Waals surface area contributed by atoms with Gasteiger partial charge < -0.3 is 4.42 Å². The molecule has 1 aromatic heterocycles. The minimum Gasteiger partial charge on any atom is -0.449 e. The fourth-order valence-electron chi connectivity index (χ4n) is 1.79. The predicted molar refractivity (Wildman–Crippen MR) is 76.0 cm³/mol. The van der Waals surface area contributed by atoms with Gasteiger partial charge in [0.2, 0.25) is 0 Å². The third kappa shape index (κ3) is 2.07. The molecule has 1 aliphatic heterocycles. The van der Waals surface area contributed by atoms with Gasteiger partial charge in [-0.2, -0.15) is 10.1 Å². The van der Waals surface area contributed by atoms with Gasteiger partial charge in [0, 0.05) is 0 Å². The largest absolute Gasteiger partial charge is 0.449 e. The number of furan rings is 1. The Labute approximate surface area is 122 Å². The van der Waals surface area contributed by atoms with E-state index in [1.165, 1.54) is 6.21 Å². The summed E-state index contributed by atoms with van der Waals surface area (Å²) < 4.78 is 5.99. The van der Waals surface area contributed by atoms with Crippen LogP contribution in [0.15, 0.2) is 45.9 Å². The number of amides is 2. The number of hydrazone groups is 1. The van der Waals surface area contributed by atoms with Crippen LogP contribution in [-0.2, 0) is 0 Å². The Kier molecular flexibility index (Phi) is 2.94. The zero-order valence-electron chi connectivity index (χ0n) is 9.54. The minimum absolute atomic E-state index is 0.374. The summed E-state index contributed by atoms with van der Waals surface area (Å²) in [5.74, 6) is -0.350. The van der Waals surface area contributed by atoms with E-state index in [-0.39, 0.29) is 0 Å². The number of carbonyl (C=O) groups is 2. The van der Waals surface area contributed by atoms with Crippen LogP contribution in [0.5, 0.6) is 0 Å². The highest BCUT2D eigenvalue weighted by molar-refractivity contribution is 14.1. The maximum atomic E-state index is 12.0. The SMILES string of the molecule is O=C1c2ccccc2C(=O)N1/N=C\c1ccc(I)o1. The Hall–Kier alpha value is -1.96. The van der Waals surface area contributed by atoms with E-state index in [0.717, 1.165) is 5.01 Å². The topological polar surface area (TPSA) is 62.9 Å². The molecule has 0 N–H and O–H groups in total. The standard InChI is InChI=1S/C13H7IN2O3/c14-11-6-5-8(19-11)7-15-16-12(17)9-3-1-2-4-10(9)13(16)18/h1-7H/b15-7-. The van der Waals surface area contributed by atoms with Crippen molar-refractivity contribution in [3.63, 3.8) is 0 Å². The fraction of sp³-hybridized carbons (Fsp3) is 0. The normalized spacial score (nSPS) is 14.5. The van der Waals surface area contributed by atoms with Crippen molar-refractivity contribution in [1.82, 2.24) is 5.01 Å². The van der Waals surface area contributed by atoms with Crippen molar-refractivity contribution in [3.05, 3.63) is 57.1 Å². The maximum absolute atomic E-state index is 12.0. The summed E-state index contributed by atoms with van der Waals surface area (Å²) in [6.45, 7) is 0. The summed E-state index contributed by atoms with van der Waals surface area (Å²) in [6, 6.07) is 10.1. The third-order valence-electron chi connectivity index (χ3n) is 2.67. The summed E-state index contributed by atoms with van der Waals surface area (Å²) >= 11 is 2.02. The molecule has 0 saturated heterocycles. The third-order valence-corrected chi connectivity index (χ3v) is 3.25. The van der Waals surface area contributed by atoms with Crippen molar-refractivity contribution in [3.8, 4) is 0 Å². The predicted octanol–water partition coefficient (Wildman–Crippen LogP) is 2.51. The molecule has 2 amide bonds. The molecule has 0 bridgehead atoms. The van der Waals surface area contributed by atoms with E-state index >= 15 is 0 Å². The molecule has 0 unspecified atom stereocenters. The summed E-state index contributed by atoms with van der Waals surface area (Å²) in [5, 5.41) is 4.74. The lowest BCUT2D eigenvalue weighted by Gasteiger charge is -2.04. The maximum Gasteiger partial charge on any atom is 0.282 e. The van der Waals surface area contributed by atoms with Crippen LogP contribution in [0.4, 0.5) is 0 Å². The Balaban J connectivity index is 1.90. The Morgan fingerprint density at radius 3 is 2.21 bits per heavy atom. The number of carbonyl (C=O) groups excluding carboxylic acids is 2. The van der Waals surface area contributed by atoms with Gasteiger partial charge in [0.05, 0.1) is 17.3 Å². The molecule has 1 aliphatic rings. The van der Waals surface area contributed by atoms with E-state index in [2.05, 4.69) is 5.10 Å². The molecule has 19 heavy (non-hydrogen) atoms. The van der Waals surface area contributed by atoms with Crippen molar-refractivity contribution in [2.75, 3.05) is 0 Å². The van der Waals surface area contributed by atoms with Gasteiger partial charge in [0.1, 0.15) is 5.76 Å². The second kappa shape index (κ2) is 4.61. The Morgan fingerprint density at radius 2 is 1.68 bits per heavy atom. The van der Waals surface area contributed by atoms with Crippen LogP contribution in [0.3, 0.4) is 0 Å². The molecule has 0 aliphatic carbocycles. The van der Waals surface area contributed by atoms with Crippen LogP contribution in [0.2, 0.25) is 0 Å². The van der Waals surface area contributed by atoms with Crippen LogP contribution >= 0.6 is 22.6 Å². The van der Waals surface area contributed by atoms with E-state index in [9.17, 15) is 9.59 Å². The van der Waals surface area contributed by atoms with Crippen LogP contribution in [0.1, 0.15) is 26.5 Å². The van der Waals surface area contributed by atoms with Crippen molar-refractivity contribution < 1.29 is 14.0 Å². The van der Waals surface area contributed by atoms with E-state index in [4.69, 9.17) is 4.42 Å². The van der Waals surface area contributed by atoms with Crippen LogP contribution in [0, 0.1) is 3.77 Å². The summed E-state index contributed by atoms with van der Waals surface area (Å²) in [5.41, 5.74) is 0.748. The molecule has 2 aromatic rings. The van der Waals surface area contributed by atoms with Crippen LogP contribution < -0.4 is 0 Å². The summed E-state index contributed by atoms with van der Waals surface area (Å²) in [6.07, 6.45) is 1.35. The second-order valence-electron chi connectivity index (χ2n) is 3.85. The van der Waals surface area contributed by atoms with E-state index < -0.39 is 11.8 Å². The molecular weight excluding hydrogens is 359 g/mol. The van der Waals surface area contributed by atoms with Gasteiger partial charge in [-0.25, -0.2) is 0 Å². The summed E-state index contributed by atoms with van der Waals surface area (Å²) in [4.78, 5) is 24.0. The molecule has 6 heteroatoms.